The highest BCUT2D eigenvalue weighted by atomic mass is 127. The van der Waals surface area contributed by atoms with Crippen molar-refractivity contribution in [3.8, 4) is 5.75 Å². The monoisotopic (exact) mass is 344 g/mol. The van der Waals surface area contributed by atoms with E-state index in [1.54, 1.807) is 0 Å². The Morgan fingerprint density at radius 3 is 2.47 bits per heavy atom. The Bertz CT molecular complexity index is 494. The number of rotatable bonds is 3. The first-order valence-corrected chi connectivity index (χ1v) is 5.94. The average molecular weight is 344 g/mol. The standard InChI is InChI=1S/C7H5IO6S/c8-4-1-2-5(7(9)10)6(3-4)14-15(11,12)13/h1-3H,(H,9,10)(H,11,12,13). The Labute approximate surface area is 99.0 Å². The van der Waals surface area contributed by atoms with Crippen LogP contribution in [0.25, 0.3) is 0 Å². The van der Waals surface area contributed by atoms with Crippen LogP contribution in [0.1, 0.15) is 10.4 Å². The number of aromatic carboxylic acids is 1. The van der Waals surface area contributed by atoms with Crippen LogP contribution in [0, 0.1) is 3.57 Å². The van der Waals surface area contributed by atoms with Crippen LogP contribution in [0.4, 0.5) is 0 Å². The zero-order valence-electron chi connectivity index (χ0n) is 7.05. The van der Waals surface area contributed by atoms with Gasteiger partial charge in [-0.2, -0.15) is 8.42 Å². The van der Waals surface area contributed by atoms with E-state index in [1.165, 1.54) is 18.2 Å². The molecule has 82 valence electrons. The van der Waals surface area contributed by atoms with Gasteiger partial charge in [-0.15, -0.1) is 0 Å². The lowest BCUT2D eigenvalue weighted by atomic mass is 10.2. The van der Waals surface area contributed by atoms with Crippen molar-refractivity contribution in [2.24, 2.45) is 0 Å². The molecule has 0 saturated heterocycles. The fourth-order valence-corrected chi connectivity index (χ4v) is 1.68. The molecule has 0 bridgehead atoms. The van der Waals surface area contributed by atoms with Gasteiger partial charge in [0.1, 0.15) is 5.56 Å². The first-order chi connectivity index (χ1) is 6.79. The molecule has 1 aromatic carbocycles. The summed E-state index contributed by atoms with van der Waals surface area (Å²) in [5.41, 5.74) is -0.340. The lowest BCUT2D eigenvalue weighted by molar-refractivity contribution is 0.0695. The number of carboxylic acid groups (broad SMARTS) is 1. The molecule has 0 aliphatic rings. The predicted molar refractivity (Wildman–Crippen MR) is 58.3 cm³/mol. The fraction of sp³-hybridized carbons (Fsp3) is 0. The highest BCUT2D eigenvalue weighted by molar-refractivity contribution is 14.1. The summed E-state index contributed by atoms with van der Waals surface area (Å²) in [5, 5.41) is 8.69. The lowest BCUT2D eigenvalue weighted by Gasteiger charge is -2.05. The van der Waals surface area contributed by atoms with E-state index in [0.29, 0.717) is 3.57 Å². The van der Waals surface area contributed by atoms with E-state index in [1.807, 2.05) is 22.6 Å². The first-order valence-electron chi connectivity index (χ1n) is 3.49. The summed E-state index contributed by atoms with van der Waals surface area (Å²) in [6.07, 6.45) is 0. The minimum Gasteiger partial charge on any atom is -0.478 e. The highest BCUT2D eigenvalue weighted by Crippen LogP contribution is 2.22. The van der Waals surface area contributed by atoms with E-state index >= 15 is 0 Å². The quantitative estimate of drug-likeness (QED) is 0.631. The fourth-order valence-electron chi connectivity index (χ4n) is 0.855. The smallest absolute Gasteiger partial charge is 0.446 e. The Morgan fingerprint density at radius 1 is 1.40 bits per heavy atom. The van der Waals surface area contributed by atoms with Crippen LogP contribution in [0.5, 0.6) is 5.75 Å². The summed E-state index contributed by atoms with van der Waals surface area (Å²) in [6, 6.07) is 3.85. The van der Waals surface area contributed by atoms with Crippen LogP contribution in [-0.4, -0.2) is 24.0 Å². The van der Waals surface area contributed by atoms with Crippen LogP contribution in [0.3, 0.4) is 0 Å². The van der Waals surface area contributed by atoms with Crippen molar-refractivity contribution in [3.63, 3.8) is 0 Å². The molecule has 1 aromatic rings. The largest absolute Gasteiger partial charge is 0.478 e. The highest BCUT2D eigenvalue weighted by Gasteiger charge is 2.16. The van der Waals surface area contributed by atoms with Crippen molar-refractivity contribution < 1.29 is 27.1 Å². The summed E-state index contributed by atoms with van der Waals surface area (Å²) in [4.78, 5) is 10.7. The molecule has 0 aromatic heterocycles. The Hall–Kier alpha value is -0.870. The van der Waals surface area contributed by atoms with Crippen LogP contribution in [0.2, 0.25) is 0 Å². The van der Waals surface area contributed by atoms with Crippen molar-refractivity contribution in [1.29, 1.82) is 0 Å². The minimum absolute atomic E-state index is 0.340. The molecule has 0 heterocycles. The molecule has 1 rings (SSSR count). The Morgan fingerprint density at radius 2 is 2.00 bits per heavy atom. The van der Waals surface area contributed by atoms with Crippen LogP contribution in [-0.2, 0) is 10.4 Å². The summed E-state index contributed by atoms with van der Waals surface area (Å²) in [5.74, 6) is -1.76. The number of carboxylic acids is 1. The lowest BCUT2D eigenvalue weighted by Crippen LogP contribution is -2.10. The maximum atomic E-state index is 10.7. The molecule has 0 atom stereocenters. The Balaban J connectivity index is 3.25. The summed E-state index contributed by atoms with van der Waals surface area (Å²) < 4.78 is 34.0. The van der Waals surface area contributed by atoms with Crippen molar-refractivity contribution in [2.45, 2.75) is 0 Å². The van der Waals surface area contributed by atoms with E-state index in [0.717, 1.165) is 0 Å². The molecule has 0 unspecified atom stereocenters. The van der Waals surface area contributed by atoms with Gasteiger partial charge >= 0.3 is 16.4 Å². The van der Waals surface area contributed by atoms with Gasteiger partial charge in [0.2, 0.25) is 0 Å². The summed E-state index contributed by atoms with van der Waals surface area (Å²) in [7, 11) is -4.72. The number of benzene rings is 1. The average Bonchev–Trinajstić information content (AvgIpc) is 1.99. The molecule has 0 radical (unpaired) electrons. The van der Waals surface area contributed by atoms with E-state index in [2.05, 4.69) is 4.18 Å². The van der Waals surface area contributed by atoms with Gasteiger partial charge in [-0.3, -0.25) is 4.55 Å². The molecular formula is C7H5IO6S. The first kappa shape index (κ1) is 12.2. The summed E-state index contributed by atoms with van der Waals surface area (Å²) in [6.45, 7) is 0. The molecule has 0 aliphatic heterocycles. The molecule has 0 fully saturated rings. The van der Waals surface area contributed by atoms with Gasteiger partial charge in [0, 0.05) is 3.57 Å². The maximum Gasteiger partial charge on any atom is 0.446 e. The zero-order chi connectivity index (χ0) is 11.6. The third kappa shape index (κ3) is 3.64. The second-order valence-electron chi connectivity index (χ2n) is 2.46. The Kier molecular flexibility index (Phi) is 3.52. The summed E-state index contributed by atoms with van der Waals surface area (Å²) >= 11 is 1.85. The SMILES string of the molecule is O=C(O)c1ccc(I)cc1OS(=O)(=O)O. The van der Waals surface area contributed by atoms with Crippen LogP contribution in [0.15, 0.2) is 18.2 Å². The molecule has 2 N–H and O–H groups in total. The topological polar surface area (TPSA) is 101 Å². The van der Waals surface area contributed by atoms with Crippen molar-refractivity contribution in [3.05, 3.63) is 27.3 Å². The van der Waals surface area contributed by atoms with Gasteiger partial charge in [0.15, 0.2) is 5.75 Å². The molecule has 0 amide bonds. The zero-order valence-corrected chi connectivity index (χ0v) is 10.0. The number of hydrogen-bond donors (Lipinski definition) is 2. The number of hydrogen-bond acceptors (Lipinski definition) is 4. The van der Waals surface area contributed by atoms with E-state index in [-0.39, 0.29) is 5.56 Å². The van der Waals surface area contributed by atoms with Crippen molar-refractivity contribution in [1.82, 2.24) is 0 Å². The van der Waals surface area contributed by atoms with Gasteiger partial charge in [-0.05, 0) is 40.8 Å². The third-order valence-corrected chi connectivity index (χ3v) is 2.43. The number of carbonyl (C=O) groups is 1. The van der Waals surface area contributed by atoms with Gasteiger partial charge in [-0.25, -0.2) is 4.79 Å². The maximum absolute atomic E-state index is 10.7. The van der Waals surface area contributed by atoms with Crippen LogP contribution >= 0.6 is 22.6 Å². The van der Waals surface area contributed by atoms with Gasteiger partial charge in [-0.1, -0.05) is 0 Å². The molecule has 0 saturated carbocycles. The van der Waals surface area contributed by atoms with Crippen molar-refractivity contribution >= 4 is 39.0 Å². The third-order valence-electron chi connectivity index (χ3n) is 1.37. The normalized spacial score (nSPS) is 11.1. The van der Waals surface area contributed by atoms with Gasteiger partial charge in [0.25, 0.3) is 0 Å². The van der Waals surface area contributed by atoms with Crippen molar-refractivity contribution in [2.75, 3.05) is 0 Å². The molecule has 0 aliphatic carbocycles. The predicted octanol–water partition coefficient (Wildman–Crippen LogP) is 1.17. The minimum atomic E-state index is -4.72. The molecular weight excluding hydrogens is 339 g/mol. The van der Waals surface area contributed by atoms with Gasteiger partial charge in [0.05, 0.1) is 0 Å². The van der Waals surface area contributed by atoms with Crippen LogP contribution < -0.4 is 4.18 Å². The second kappa shape index (κ2) is 4.33. The van der Waals surface area contributed by atoms with E-state index in [4.69, 9.17) is 9.66 Å². The molecule has 15 heavy (non-hydrogen) atoms. The molecule has 8 heteroatoms. The molecule has 0 spiro atoms. The number of halogens is 1. The second-order valence-corrected chi connectivity index (χ2v) is 4.72. The molecule has 6 nitrogen and oxygen atoms in total. The van der Waals surface area contributed by atoms with Gasteiger partial charge < -0.3 is 9.29 Å². The van der Waals surface area contributed by atoms with E-state index < -0.39 is 22.1 Å². The van der Waals surface area contributed by atoms with E-state index in [9.17, 15) is 13.2 Å².